The van der Waals surface area contributed by atoms with E-state index in [0.29, 0.717) is 11.1 Å². The summed E-state index contributed by atoms with van der Waals surface area (Å²) in [5.74, 6) is 0.855. The summed E-state index contributed by atoms with van der Waals surface area (Å²) in [6, 6.07) is 18.7. The number of rotatable bonds is 4. The molecule has 1 heterocycles. The molecule has 0 atom stereocenters. The first-order chi connectivity index (χ1) is 13.1. The molecule has 0 aliphatic heterocycles. The van der Waals surface area contributed by atoms with Crippen molar-refractivity contribution in [3.8, 4) is 22.6 Å². The lowest BCUT2D eigenvalue weighted by Crippen LogP contribution is -2.05. The molecule has 0 radical (unpaired) electrons. The Morgan fingerprint density at radius 3 is 2.52 bits per heavy atom. The van der Waals surface area contributed by atoms with Gasteiger partial charge in [-0.1, -0.05) is 30.3 Å². The van der Waals surface area contributed by atoms with E-state index >= 15 is 0 Å². The summed E-state index contributed by atoms with van der Waals surface area (Å²) in [4.78, 5) is 13.5. The summed E-state index contributed by atoms with van der Waals surface area (Å²) in [7, 11) is 1.62. The fraction of sp³-hybridized carbons (Fsp3) is 0.0870. The first-order valence-corrected chi connectivity index (χ1v) is 9.45. The molecule has 0 spiro atoms. The molecule has 0 aliphatic rings. The lowest BCUT2D eigenvalue weighted by atomic mass is 9.90. The van der Waals surface area contributed by atoms with Crippen molar-refractivity contribution in [3.05, 3.63) is 82.7 Å². The largest absolute Gasteiger partial charge is 0.508 e. The average molecular weight is 374 g/mol. The molecule has 134 valence electrons. The van der Waals surface area contributed by atoms with Gasteiger partial charge in [-0.2, -0.15) is 0 Å². The Bertz CT molecular complexity index is 1140. The van der Waals surface area contributed by atoms with Gasteiger partial charge < -0.3 is 9.84 Å². The molecule has 4 rings (SSSR count). The van der Waals surface area contributed by atoms with Gasteiger partial charge in [0, 0.05) is 26.6 Å². The number of methoxy groups -OCH3 is 1. The van der Waals surface area contributed by atoms with E-state index in [2.05, 4.69) is 0 Å². The molecule has 0 saturated heterocycles. The van der Waals surface area contributed by atoms with Crippen LogP contribution in [0.15, 0.2) is 66.0 Å². The second kappa shape index (κ2) is 6.89. The minimum atomic E-state index is -0.0317. The van der Waals surface area contributed by atoms with Crippen molar-refractivity contribution in [1.82, 2.24) is 0 Å². The number of hydrogen-bond acceptors (Lipinski definition) is 4. The molecule has 0 saturated carbocycles. The third-order valence-electron chi connectivity index (χ3n) is 4.67. The first-order valence-electron chi connectivity index (χ1n) is 8.57. The van der Waals surface area contributed by atoms with Crippen LogP contribution in [0.25, 0.3) is 21.2 Å². The van der Waals surface area contributed by atoms with Crippen LogP contribution in [0.2, 0.25) is 0 Å². The molecule has 0 fully saturated rings. The maximum Gasteiger partial charge on any atom is 0.195 e. The third kappa shape index (κ3) is 3.09. The van der Waals surface area contributed by atoms with E-state index < -0.39 is 0 Å². The summed E-state index contributed by atoms with van der Waals surface area (Å²) < 4.78 is 6.31. The van der Waals surface area contributed by atoms with Crippen LogP contribution in [0.1, 0.15) is 21.5 Å². The van der Waals surface area contributed by atoms with Gasteiger partial charge >= 0.3 is 0 Å². The van der Waals surface area contributed by atoms with E-state index in [9.17, 15) is 9.90 Å². The van der Waals surface area contributed by atoms with E-state index in [1.165, 1.54) is 0 Å². The lowest BCUT2D eigenvalue weighted by Gasteiger charge is -2.13. The van der Waals surface area contributed by atoms with Crippen molar-refractivity contribution in [2.45, 2.75) is 6.92 Å². The van der Waals surface area contributed by atoms with Crippen molar-refractivity contribution in [1.29, 1.82) is 0 Å². The standard InChI is InChI=1S/C23H18O3S/c1-14-11-16(24)12-19(15-7-9-17(26-2)10-8-15)22(14)23(25)20-13-27-21-6-4-3-5-18(20)21/h3-13,24H,1-2H3. The van der Waals surface area contributed by atoms with Crippen LogP contribution in [-0.4, -0.2) is 18.0 Å². The van der Waals surface area contributed by atoms with Gasteiger partial charge in [-0.15, -0.1) is 11.3 Å². The number of carbonyl (C=O) groups is 1. The zero-order valence-corrected chi connectivity index (χ0v) is 15.8. The topological polar surface area (TPSA) is 46.5 Å². The first kappa shape index (κ1) is 17.3. The zero-order chi connectivity index (χ0) is 19.0. The molecule has 0 unspecified atom stereocenters. The highest BCUT2D eigenvalue weighted by molar-refractivity contribution is 7.17. The van der Waals surface area contributed by atoms with Crippen LogP contribution in [-0.2, 0) is 0 Å². The summed E-state index contributed by atoms with van der Waals surface area (Å²) in [6.45, 7) is 1.86. The molecule has 27 heavy (non-hydrogen) atoms. The van der Waals surface area contributed by atoms with Gasteiger partial charge in [0.25, 0.3) is 0 Å². The van der Waals surface area contributed by atoms with Crippen LogP contribution in [0.3, 0.4) is 0 Å². The molecule has 4 heteroatoms. The monoisotopic (exact) mass is 374 g/mol. The van der Waals surface area contributed by atoms with Crippen molar-refractivity contribution < 1.29 is 14.6 Å². The molecule has 3 nitrogen and oxygen atoms in total. The van der Waals surface area contributed by atoms with Gasteiger partial charge in [0.2, 0.25) is 0 Å². The molecule has 0 bridgehead atoms. The number of ketones is 1. The Hall–Kier alpha value is -3.11. The summed E-state index contributed by atoms with van der Waals surface area (Å²) in [6.07, 6.45) is 0. The second-order valence-corrected chi connectivity index (χ2v) is 7.30. The van der Waals surface area contributed by atoms with E-state index in [4.69, 9.17) is 4.74 Å². The molecule has 0 amide bonds. The fourth-order valence-electron chi connectivity index (χ4n) is 3.36. The third-order valence-corrected chi connectivity index (χ3v) is 5.64. The highest BCUT2D eigenvalue weighted by Gasteiger charge is 2.21. The Morgan fingerprint density at radius 1 is 1.04 bits per heavy atom. The molecule has 1 aromatic heterocycles. The summed E-state index contributed by atoms with van der Waals surface area (Å²) in [5.41, 5.74) is 3.63. The zero-order valence-electron chi connectivity index (χ0n) is 15.0. The van der Waals surface area contributed by atoms with Crippen LogP contribution in [0.5, 0.6) is 11.5 Å². The maximum absolute atomic E-state index is 13.5. The number of hydrogen-bond donors (Lipinski definition) is 1. The fourth-order valence-corrected chi connectivity index (χ4v) is 4.30. The van der Waals surface area contributed by atoms with Gasteiger partial charge in [0.1, 0.15) is 11.5 Å². The Morgan fingerprint density at radius 2 is 1.78 bits per heavy atom. The van der Waals surface area contributed by atoms with Gasteiger partial charge in [0.15, 0.2) is 5.78 Å². The Kier molecular flexibility index (Phi) is 4.42. The molecular formula is C23H18O3S. The molecule has 1 N–H and O–H groups in total. The average Bonchev–Trinajstić information content (AvgIpc) is 3.11. The SMILES string of the molecule is COc1ccc(-c2cc(O)cc(C)c2C(=O)c2csc3ccccc23)cc1. The van der Waals surface area contributed by atoms with Crippen molar-refractivity contribution in [2.24, 2.45) is 0 Å². The molecule has 0 aliphatic carbocycles. The molecule has 4 aromatic rings. The normalized spacial score (nSPS) is 10.9. The number of thiophene rings is 1. The quantitative estimate of drug-likeness (QED) is 0.458. The number of phenolic OH excluding ortho intramolecular Hbond substituents is 1. The van der Waals surface area contributed by atoms with Gasteiger partial charge in [-0.05, 0) is 53.9 Å². The highest BCUT2D eigenvalue weighted by Crippen LogP contribution is 2.35. The lowest BCUT2D eigenvalue weighted by molar-refractivity contribution is 0.104. The number of phenols is 1. The molecular weight excluding hydrogens is 356 g/mol. The summed E-state index contributed by atoms with van der Waals surface area (Å²) >= 11 is 1.57. The number of fused-ring (bicyclic) bond motifs is 1. The smallest absolute Gasteiger partial charge is 0.195 e. The van der Waals surface area contributed by atoms with Gasteiger partial charge in [-0.3, -0.25) is 4.79 Å². The van der Waals surface area contributed by atoms with E-state index in [1.807, 2.05) is 60.8 Å². The van der Waals surface area contributed by atoms with Crippen LogP contribution in [0.4, 0.5) is 0 Å². The Labute approximate surface area is 161 Å². The molecule has 3 aromatic carbocycles. The predicted molar refractivity (Wildman–Crippen MR) is 110 cm³/mol. The van der Waals surface area contributed by atoms with Gasteiger partial charge in [-0.25, -0.2) is 0 Å². The maximum atomic E-state index is 13.5. The van der Waals surface area contributed by atoms with Crippen LogP contribution in [0, 0.1) is 6.92 Å². The predicted octanol–water partition coefficient (Wildman–Crippen LogP) is 5.82. The number of aryl methyl sites for hydroxylation is 1. The minimum Gasteiger partial charge on any atom is -0.508 e. The van der Waals surface area contributed by atoms with E-state index in [0.717, 1.165) is 32.5 Å². The second-order valence-electron chi connectivity index (χ2n) is 6.39. The van der Waals surface area contributed by atoms with Crippen molar-refractivity contribution >= 4 is 27.2 Å². The van der Waals surface area contributed by atoms with Gasteiger partial charge in [0.05, 0.1) is 7.11 Å². The number of aromatic hydroxyl groups is 1. The van der Waals surface area contributed by atoms with E-state index in [-0.39, 0.29) is 11.5 Å². The number of ether oxygens (including phenoxy) is 1. The minimum absolute atomic E-state index is 0.0317. The number of carbonyl (C=O) groups excluding carboxylic acids is 1. The summed E-state index contributed by atoms with van der Waals surface area (Å²) in [5, 5.41) is 13.0. The Balaban J connectivity index is 1.90. The van der Waals surface area contributed by atoms with Crippen molar-refractivity contribution in [3.63, 3.8) is 0 Å². The van der Waals surface area contributed by atoms with E-state index in [1.54, 1.807) is 30.6 Å². The van der Waals surface area contributed by atoms with Crippen molar-refractivity contribution in [2.75, 3.05) is 7.11 Å². The van der Waals surface area contributed by atoms with Crippen LogP contribution < -0.4 is 4.74 Å². The van der Waals surface area contributed by atoms with Crippen LogP contribution >= 0.6 is 11.3 Å². The number of benzene rings is 3. The highest BCUT2D eigenvalue weighted by atomic mass is 32.1.